The number of hydrogen-bond donors (Lipinski definition) is 1. The van der Waals surface area contributed by atoms with Gasteiger partial charge in [0, 0.05) is 32.8 Å². The zero-order chi connectivity index (χ0) is 61.3. The predicted molar refractivity (Wildman–Crippen MR) is 351 cm³/mol. The number of phenolic OH excluding ortho intramolecular Hbond substituents is 1. The van der Waals surface area contributed by atoms with Crippen molar-refractivity contribution >= 4 is 97.1 Å². The Morgan fingerprint density at radius 3 is 1.79 bits per heavy atom. The molecule has 0 saturated heterocycles. The van der Waals surface area contributed by atoms with E-state index in [1.807, 2.05) is 51.6 Å². The van der Waals surface area contributed by atoms with Gasteiger partial charge in [-0.1, -0.05) is 51.4 Å². The Bertz CT molecular complexity index is 5250. The number of phenols is 1. The van der Waals surface area contributed by atoms with Gasteiger partial charge in [0.05, 0.1) is 0 Å². The van der Waals surface area contributed by atoms with Crippen molar-refractivity contribution in [1.29, 1.82) is 0 Å². The summed E-state index contributed by atoms with van der Waals surface area (Å²) in [6.07, 6.45) is 5.65. The number of hydrogen-bond acceptors (Lipinski definition) is 2. The monoisotopic (exact) mass is 1340 g/mol. The molecule has 85 heavy (non-hydrogen) atoms. The number of imidazole rings is 1. The summed E-state index contributed by atoms with van der Waals surface area (Å²) in [4.78, 5) is 4.67. The fourth-order valence-corrected chi connectivity index (χ4v) is 22.5. The van der Waals surface area contributed by atoms with Crippen LogP contribution in [0, 0.1) is 25.4 Å². The minimum absolute atomic E-state index is 0. The summed E-state index contributed by atoms with van der Waals surface area (Å²) in [7, 11) is 0. The third-order valence-electron chi connectivity index (χ3n) is 16.4. The van der Waals surface area contributed by atoms with Crippen LogP contribution in [0.4, 0.5) is 0 Å². The minimum Gasteiger partial charge on any atom is 0 e. The molecule has 4 heterocycles. The van der Waals surface area contributed by atoms with Crippen molar-refractivity contribution in [2.45, 2.75) is 38.4 Å². The van der Waals surface area contributed by atoms with E-state index in [9.17, 15) is 7.85 Å². The second-order valence-electron chi connectivity index (χ2n) is 22.6. The maximum atomic E-state index is 11.0. The first kappa shape index (κ1) is 49.3. The summed E-state index contributed by atoms with van der Waals surface area (Å²) in [5.41, 5.74) is 9.34. The number of aromatic nitrogens is 4. The van der Waals surface area contributed by atoms with Crippen LogP contribution in [0.5, 0.6) is 5.75 Å². The van der Waals surface area contributed by atoms with Gasteiger partial charge in [-0.15, -0.1) is 5.39 Å². The van der Waals surface area contributed by atoms with E-state index in [-0.39, 0.29) is 49.9 Å². The number of nitrogens with zero attached hydrogens (tertiary/aromatic N) is 4. The Morgan fingerprint density at radius 1 is 0.541 bits per heavy atom. The molecule has 15 aromatic rings. The Morgan fingerprint density at radius 2 is 1.13 bits per heavy atom. The van der Waals surface area contributed by atoms with Crippen LogP contribution in [0.3, 0.4) is 0 Å². The summed E-state index contributed by atoms with van der Waals surface area (Å²) in [6, 6.07) is 87.1. The molecule has 414 valence electrons. The SMILES string of the molecule is Cc1[c-]c2c(cc1)c1ccccc1n2-c1cc(C(C)(C)C)ccn1.[2H]c1c([2H])c([2H])c(-c2cccc3c4ccccc4c4ccccc4c4c[c]([Ge]([CH2]c5ccccc5)([c]5ccccc5)[c]5ccccc5)cc5c4n([c-][n+]5-c4[c-]c(O)ccc4)c23)c([2H])c1[2H].[Pt]. The number of pyridine rings is 1. The molecule has 0 spiro atoms. The Labute approximate surface area is 520 Å². The molecule has 4 aromatic heterocycles. The first-order valence-electron chi connectivity index (χ1n) is 30.9. The van der Waals surface area contributed by atoms with Gasteiger partial charge in [0.2, 0.25) is 0 Å². The Hall–Kier alpha value is -9.13. The fourth-order valence-electron chi connectivity index (χ4n) is 12.5. The van der Waals surface area contributed by atoms with Gasteiger partial charge < -0.3 is 4.57 Å². The third-order valence-corrected chi connectivity index (χ3v) is 26.6. The summed E-state index contributed by atoms with van der Waals surface area (Å²) in [5.74, 6) is 0.932. The van der Waals surface area contributed by atoms with Crippen LogP contribution in [0.15, 0.2) is 273 Å². The van der Waals surface area contributed by atoms with E-state index in [1.54, 1.807) is 12.1 Å². The maximum Gasteiger partial charge on any atom is 0 e. The molecule has 7 heteroatoms. The van der Waals surface area contributed by atoms with Gasteiger partial charge in [0.1, 0.15) is 5.82 Å². The van der Waals surface area contributed by atoms with Crippen LogP contribution < -0.4 is 17.8 Å². The van der Waals surface area contributed by atoms with Crippen LogP contribution in [-0.2, 0) is 31.7 Å². The van der Waals surface area contributed by atoms with Crippen LogP contribution in [0.25, 0.3) is 93.3 Å². The fraction of sp³-hybridized carbons (Fsp3) is 0.0769. The summed E-state index contributed by atoms with van der Waals surface area (Å²) >= 11 is -3.84. The predicted octanol–water partition coefficient (Wildman–Crippen LogP) is 16.2. The second-order valence-corrected chi connectivity index (χ2v) is 30.8. The molecule has 0 saturated carbocycles. The molecule has 0 unspecified atom stereocenters. The van der Waals surface area contributed by atoms with E-state index >= 15 is 0 Å². The summed E-state index contributed by atoms with van der Waals surface area (Å²) < 4.78 is 54.5. The van der Waals surface area contributed by atoms with E-state index in [2.05, 4.69) is 244 Å². The Kier molecular flexibility index (Phi) is 13.2. The van der Waals surface area contributed by atoms with Gasteiger partial charge in [-0.3, -0.25) is 0 Å². The third kappa shape index (κ3) is 9.95. The van der Waals surface area contributed by atoms with E-state index in [0.717, 1.165) is 65.5 Å². The molecule has 1 N–H and O–H groups in total. The maximum absolute atomic E-state index is 11.0. The van der Waals surface area contributed by atoms with Gasteiger partial charge in [-0.2, -0.15) is 23.8 Å². The number of aryl methyl sites for hydroxylation is 1. The zero-order valence-corrected chi connectivity index (χ0v) is 51.7. The van der Waals surface area contributed by atoms with Crippen molar-refractivity contribution in [2.75, 3.05) is 0 Å². The average Bonchev–Trinajstić information content (AvgIpc) is 1.47. The van der Waals surface area contributed by atoms with E-state index in [0.29, 0.717) is 16.8 Å². The zero-order valence-electron chi connectivity index (χ0n) is 52.4. The molecule has 0 aliphatic carbocycles. The van der Waals surface area contributed by atoms with Gasteiger partial charge in [0.15, 0.2) is 0 Å². The molecule has 0 amide bonds. The van der Waals surface area contributed by atoms with Crippen LogP contribution in [0.1, 0.15) is 44.3 Å². The minimum atomic E-state index is -3.84. The molecular formula is C78H60GeN4OPt-2. The molecular weight excluding hydrogens is 1280 g/mol. The second kappa shape index (κ2) is 22.8. The van der Waals surface area contributed by atoms with Crippen molar-refractivity contribution < 1.29 is 37.6 Å². The van der Waals surface area contributed by atoms with Gasteiger partial charge in [-0.05, 0) is 34.6 Å². The quantitative estimate of drug-likeness (QED) is 0.0936. The van der Waals surface area contributed by atoms with Gasteiger partial charge >= 0.3 is 360 Å². The first-order chi connectivity index (χ1) is 43.2. The molecule has 11 aromatic carbocycles. The molecule has 5 nitrogen and oxygen atoms in total. The Balaban J connectivity index is 0.000000248. The number of rotatable bonds is 8. The summed E-state index contributed by atoms with van der Waals surface area (Å²) in [5, 5.41) is 19.9. The van der Waals surface area contributed by atoms with E-state index in [1.165, 1.54) is 40.6 Å². The van der Waals surface area contributed by atoms with Crippen molar-refractivity contribution in [2.24, 2.45) is 0 Å². The molecule has 0 atom stereocenters. The largest absolute Gasteiger partial charge is 0 e. The topological polar surface area (TPSA) is 46.3 Å². The smallest absolute Gasteiger partial charge is 0 e. The molecule has 0 fully saturated rings. The van der Waals surface area contributed by atoms with Crippen molar-refractivity contribution in [3.8, 4) is 28.4 Å². The number of benzene rings is 11. The number of para-hydroxylation sites is 2. The average molecular weight is 1340 g/mol. The number of fused-ring (bicyclic) bond motifs is 10. The molecule has 0 bridgehead atoms. The van der Waals surface area contributed by atoms with Crippen molar-refractivity contribution in [3.63, 3.8) is 0 Å². The van der Waals surface area contributed by atoms with Crippen molar-refractivity contribution in [1.82, 2.24) is 14.0 Å². The van der Waals surface area contributed by atoms with Gasteiger partial charge in [0.25, 0.3) is 0 Å². The van der Waals surface area contributed by atoms with Crippen molar-refractivity contribution in [3.05, 3.63) is 308 Å². The molecule has 0 aliphatic heterocycles. The number of aromatic hydroxyl groups is 1. The van der Waals surface area contributed by atoms with Crippen LogP contribution in [-0.4, -0.2) is 32.3 Å². The summed E-state index contributed by atoms with van der Waals surface area (Å²) in [6.45, 7) is 8.78. The normalized spacial score (nSPS) is 12.6. The molecule has 0 aliphatic rings. The molecule has 0 radical (unpaired) electrons. The van der Waals surface area contributed by atoms with Crippen LogP contribution in [0.2, 0.25) is 0 Å². The van der Waals surface area contributed by atoms with E-state index in [4.69, 9.17) is 4.11 Å². The van der Waals surface area contributed by atoms with Gasteiger partial charge in [-0.25, -0.2) is 4.98 Å². The molecule has 15 rings (SSSR count). The standard InChI is InChI=1S/C56H39GeN2O.C22H21N2.Pt/c60-46-28-17-27-45(37-46)58-39-59-55-47(41-21-7-2-8-22-41)33-18-34-52(55)50-31-15-13-29-48(50)49-30-14-16-32-51(49)53-35-44(36-54(58)56(53)59)57(42-23-9-3-10-24-42,43-25-11-4-12-26-43)38-40-19-5-1-6-20-40;1-15-9-10-18-17-7-5-6-8-19(17)24(20(18)13-15)21-14-16(11-12-23-21)22(2,3)4;/h1-36,60H,38H2;5-12,14H,1-4H3;/q2*-1;/i2D,7D,8D,21D,22D;;. The first-order valence-corrected chi connectivity index (χ1v) is 33.0. The van der Waals surface area contributed by atoms with E-state index < -0.39 is 31.4 Å². The van der Waals surface area contributed by atoms with Crippen LogP contribution >= 0.6 is 0 Å².